The fourth-order valence-electron chi connectivity index (χ4n) is 3.84. The van der Waals surface area contributed by atoms with Crippen LogP contribution in [0, 0.1) is 17.7 Å². The largest absolute Gasteiger partial charge is 0.481 e. The van der Waals surface area contributed by atoms with Crippen LogP contribution >= 0.6 is 0 Å². The number of carboxylic acids is 1. The Morgan fingerprint density at radius 2 is 1.58 bits per heavy atom. The molecule has 0 bridgehead atoms. The number of sulfone groups is 1. The number of carbonyl (C=O) groups is 2. The average Bonchev–Trinajstić information content (AvgIpc) is 3.12. The van der Waals surface area contributed by atoms with Gasteiger partial charge in [-0.15, -0.1) is 0 Å². The highest BCUT2D eigenvalue weighted by molar-refractivity contribution is 7.92. The van der Waals surface area contributed by atoms with Crippen molar-refractivity contribution in [1.82, 2.24) is 4.90 Å². The van der Waals surface area contributed by atoms with E-state index in [-0.39, 0.29) is 29.2 Å². The molecule has 26 heavy (non-hydrogen) atoms. The van der Waals surface area contributed by atoms with E-state index in [9.17, 15) is 22.4 Å². The molecule has 1 aromatic rings. The van der Waals surface area contributed by atoms with Crippen molar-refractivity contribution in [3.05, 3.63) is 30.1 Å². The smallest absolute Gasteiger partial charge is 0.306 e. The summed E-state index contributed by atoms with van der Waals surface area (Å²) in [6.45, 7) is 0.514. The summed E-state index contributed by atoms with van der Waals surface area (Å²) in [5.74, 6) is -2.00. The van der Waals surface area contributed by atoms with E-state index in [1.807, 2.05) is 0 Å². The first kappa shape index (κ1) is 18.8. The number of nitrogens with zero attached hydrogens (tertiary/aromatic N) is 1. The number of benzene rings is 1. The second-order valence-electron chi connectivity index (χ2n) is 7.08. The fourth-order valence-corrected chi connectivity index (χ4v) is 5.54. The molecule has 0 unspecified atom stereocenters. The van der Waals surface area contributed by atoms with Crippen LogP contribution in [0.2, 0.25) is 0 Å². The van der Waals surface area contributed by atoms with E-state index in [1.165, 1.54) is 12.1 Å². The lowest BCUT2D eigenvalue weighted by molar-refractivity contribution is -0.145. The molecule has 1 aliphatic heterocycles. The third-order valence-corrected chi connectivity index (χ3v) is 7.66. The Morgan fingerprint density at radius 3 is 2.15 bits per heavy atom. The maximum Gasteiger partial charge on any atom is 0.306 e. The zero-order valence-electron chi connectivity index (χ0n) is 14.3. The van der Waals surface area contributed by atoms with Crippen molar-refractivity contribution in [1.29, 1.82) is 0 Å². The van der Waals surface area contributed by atoms with Crippen LogP contribution in [0.5, 0.6) is 0 Å². The van der Waals surface area contributed by atoms with Crippen molar-refractivity contribution in [2.75, 3.05) is 13.1 Å². The molecule has 3 rings (SSSR count). The van der Waals surface area contributed by atoms with Crippen molar-refractivity contribution in [2.24, 2.45) is 11.8 Å². The van der Waals surface area contributed by atoms with E-state index < -0.39 is 26.9 Å². The third-order valence-electron chi connectivity index (χ3n) is 5.46. The topological polar surface area (TPSA) is 91.8 Å². The molecule has 6 nitrogen and oxygen atoms in total. The van der Waals surface area contributed by atoms with Gasteiger partial charge in [-0.3, -0.25) is 9.59 Å². The Balaban J connectivity index is 1.62. The van der Waals surface area contributed by atoms with Crippen LogP contribution in [-0.2, 0) is 19.4 Å². The summed E-state index contributed by atoms with van der Waals surface area (Å²) in [6, 6.07) is 4.74. The molecule has 0 spiro atoms. The molecule has 2 aliphatic rings. The lowest BCUT2D eigenvalue weighted by Gasteiger charge is -2.28. The van der Waals surface area contributed by atoms with Crippen molar-refractivity contribution < 1.29 is 27.5 Å². The first-order chi connectivity index (χ1) is 12.3. The van der Waals surface area contributed by atoms with Crippen LogP contribution in [0.15, 0.2) is 29.2 Å². The van der Waals surface area contributed by atoms with E-state index in [1.54, 1.807) is 4.90 Å². The summed E-state index contributed by atoms with van der Waals surface area (Å²) in [5.41, 5.74) is 0. The van der Waals surface area contributed by atoms with E-state index in [0.29, 0.717) is 38.6 Å². The molecule has 1 saturated carbocycles. The number of hydrogen-bond acceptors (Lipinski definition) is 4. The summed E-state index contributed by atoms with van der Waals surface area (Å²) in [6.07, 6.45) is 2.38. The minimum Gasteiger partial charge on any atom is -0.481 e. The van der Waals surface area contributed by atoms with E-state index >= 15 is 0 Å². The standard InChI is InChI=1S/C18H22FNO5S/c19-14-5-7-15(8-6-14)26(24,25)16-9-10-20(11-16)17(21)12-1-3-13(4-2-12)18(22)23/h5-8,12-13,16H,1-4,9-11H2,(H,22,23)/t12?,13?,16-/m0/s1. The molecule has 142 valence electrons. The van der Waals surface area contributed by atoms with Crippen molar-refractivity contribution in [3.63, 3.8) is 0 Å². The second kappa shape index (κ2) is 7.34. The molecule has 1 atom stereocenters. The molecule has 0 radical (unpaired) electrons. The summed E-state index contributed by atoms with van der Waals surface area (Å²) in [7, 11) is -3.61. The van der Waals surface area contributed by atoms with Gasteiger partial charge in [-0.2, -0.15) is 0 Å². The van der Waals surface area contributed by atoms with Crippen LogP contribution < -0.4 is 0 Å². The molecule has 1 aliphatic carbocycles. The molecule has 1 N–H and O–H groups in total. The normalized spacial score (nSPS) is 26.7. The number of rotatable bonds is 4. The molecular weight excluding hydrogens is 361 g/mol. The van der Waals surface area contributed by atoms with E-state index in [2.05, 4.69) is 0 Å². The van der Waals surface area contributed by atoms with Crippen LogP contribution in [0.3, 0.4) is 0 Å². The predicted molar refractivity (Wildman–Crippen MR) is 91.7 cm³/mol. The Bertz CT molecular complexity index is 784. The number of carboxylic acid groups (broad SMARTS) is 1. The highest BCUT2D eigenvalue weighted by Gasteiger charge is 2.39. The van der Waals surface area contributed by atoms with Crippen LogP contribution in [0.1, 0.15) is 32.1 Å². The summed E-state index contributed by atoms with van der Waals surface area (Å²) in [4.78, 5) is 25.3. The van der Waals surface area contributed by atoms with Gasteiger partial charge in [0.05, 0.1) is 16.1 Å². The number of carbonyl (C=O) groups excluding carboxylic acids is 1. The summed E-state index contributed by atoms with van der Waals surface area (Å²) >= 11 is 0. The summed E-state index contributed by atoms with van der Waals surface area (Å²) in [5, 5.41) is 8.35. The maximum atomic E-state index is 13.0. The SMILES string of the molecule is O=C(O)C1CCC(C(=O)N2CC[C@H](S(=O)(=O)c3ccc(F)cc3)C2)CC1. The molecule has 1 amide bonds. The molecule has 2 fully saturated rings. The Labute approximate surface area is 151 Å². The van der Waals surface area contributed by atoms with Gasteiger partial charge in [0, 0.05) is 19.0 Å². The first-order valence-electron chi connectivity index (χ1n) is 8.80. The Morgan fingerprint density at radius 1 is 1.00 bits per heavy atom. The molecule has 1 heterocycles. The lowest BCUT2D eigenvalue weighted by Crippen LogP contribution is -2.38. The number of aliphatic carboxylic acids is 1. The van der Waals surface area contributed by atoms with E-state index in [4.69, 9.17) is 5.11 Å². The zero-order valence-corrected chi connectivity index (χ0v) is 15.1. The highest BCUT2D eigenvalue weighted by Crippen LogP contribution is 2.32. The number of amides is 1. The van der Waals surface area contributed by atoms with Crippen molar-refractivity contribution in [3.8, 4) is 0 Å². The van der Waals surface area contributed by atoms with Gasteiger partial charge in [0.25, 0.3) is 0 Å². The van der Waals surface area contributed by atoms with Gasteiger partial charge >= 0.3 is 5.97 Å². The molecule has 0 aromatic heterocycles. The second-order valence-corrected chi connectivity index (χ2v) is 9.31. The van der Waals surface area contributed by atoms with Gasteiger partial charge in [0.2, 0.25) is 5.91 Å². The fraction of sp³-hybridized carbons (Fsp3) is 0.556. The quantitative estimate of drug-likeness (QED) is 0.804. The number of halogens is 1. The molecule has 1 saturated heterocycles. The van der Waals surface area contributed by atoms with Gasteiger partial charge < -0.3 is 10.0 Å². The van der Waals surface area contributed by atoms with Crippen molar-refractivity contribution in [2.45, 2.75) is 42.2 Å². The first-order valence-corrected chi connectivity index (χ1v) is 10.3. The predicted octanol–water partition coefficient (Wildman–Crippen LogP) is 2.09. The van der Waals surface area contributed by atoms with Gasteiger partial charge in [-0.25, -0.2) is 12.8 Å². The van der Waals surface area contributed by atoms with Gasteiger partial charge in [0.15, 0.2) is 9.84 Å². The molecule has 8 heteroatoms. The number of likely N-dealkylation sites (tertiary alicyclic amines) is 1. The lowest BCUT2D eigenvalue weighted by atomic mass is 9.81. The van der Waals surface area contributed by atoms with E-state index in [0.717, 1.165) is 12.1 Å². The minimum atomic E-state index is -3.61. The van der Waals surface area contributed by atoms with Gasteiger partial charge in [-0.05, 0) is 56.4 Å². The van der Waals surface area contributed by atoms with Crippen LogP contribution in [-0.4, -0.2) is 48.6 Å². The van der Waals surface area contributed by atoms with Crippen molar-refractivity contribution >= 4 is 21.7 Å². The molecule has 1 aromatic carbocycles. The minimum absolute atomic E-state index is 0.0696. The highest BCUT2D eigenvalue weighted by atomic mass is 32.2. The average molecular weight is 383 g/mol. The zero-order chi connectivity index (χ0) is 18.9. The van der Waals surface area contributed by atoms with Gasteiger partial charge in [0.1, 0.15) is 5.82 Å². The monoisotopic (exact) mass is 383 g/mol. The van der Waals surface area contributed by atoms with Gasteiger partial charge in [-0.1, -0.05) is 0 Å². The van der Waals surface area contributed by atoms with Crippen LogP contribution in [0.25, 0.3) is 0 Å². The number of hydrogen-bond donors (Lipinski definition) is 1. The molecular formula is C18H22FNO5S. The third kappa shape index (κ3) is 3.75. The van der Waals surface area contributed by atoms with Crippen LogP contribution in [0.4, 0.5) is 4.39 Å². The Kier molecular flexibility index (Phi) is 5.32. The Hall–Kier alpha value is -1.96. The maximum absolute atomic E-state index is 13.0. The summed E-state index contributed by atoms with van der Waals surface area (Å²) < 4.78 is 38.4.